The summed E-state index contributed by atoms with van der Waals surface area (Å²) in [6.07, 6.45) is -0.906. The maximum Gasteiger partial charge on any atom is 0.342 e. The van der Waals surface area contributed by atoms with Crippen LogP contribution in [0.1, 0.15) is 12.8 Å². The number of aliphatic carboxylic acids is 2. The third kappa shape index (κ3) is 21.5. The molecule has 0 saturated heterocycles. The van der Waals surface area contributed by atoms with Gasteiger partial charge in [-0.2, -0.15) is 4.89 Å². The van der Waals surface area contributed by atoms with Gasteiger partial charge in [-0.1, -0.05) is 0 Å². The maximum atomic E-state index is 10.5. The third-order valence-corrected chi connectivity index (χ3v) is 1.53. The third-order valence-electron chi connectivity index (χ3n) is 1.53. The normalized spacial score (nSPS) is 9.30. The van der Waals surface area contributed by atoms with Crippen molar-refractivity contribution in [1.82, 2.24) is 0 Å². The number of hydrogen-bond acceptors (Lipinski definition) is 8. The Balaban J connectivity index is 0. The van der Waals surface area contributed by atoms with Gasteiger partial charge in [0.05, 0.1) is 32.7 Å². The van der Waals surface area contributed by atoms with Crippen LogP contribution in [0.15, 0.2) is 0 Å². The van der Waals surface area contributed by atoms with E-state index < -0.39 is 37.4 Å². The highest BCUT2D eigenvalue weighted by Crippen LogP contribution is 1.92. The number of nitrogens with two attached hydrogens (primary N) is 1. The van der Waals surface area contributed by atoms with Crippen molar-refractivity contribution in [3.63, 3.8) is 0 Å². The Morgan fingerprint density at radius 1 is 1.05 bits per heavy atom. The molecule has 0 bridgehead atoms. The number of carboxylic acid groups (broad SMARTS) is 2. The molecule has 0 fully saturated rings. The number of carboxylic acids is 2. The zero-order valence-corrected chi connectivity index (χ0v) is 10.8. The smallest absolute Gasteiger partial charge is 0.342 e. The lowest BCUT2D eigenvalue weighted by molar-refractivity contribution is -0.657. The quantitative estimate of drug-likeness (QED) is 0.176. The van der Waals surface area contributed by atoms with Crippen LogP contribution in [-0.4, -0.2) is 66.1 Å². The molecule has 10 heteroatoms. The monoisotopic (exact) mass is 297 g/mol. The second kappa shape index (κ2) is 15.3. The molecule has 0 heterocycles. The molecule has 0 radical (unpaired) electrons. The van der Waals surface area contributed by atoms with Crippen LogP contribution in [0.25, 0.3) is 0 Å². The van der Waals surface area contributed by atoms with Gasteiger partial charge < -0.3 is 30.5 Å². The molecule has 0 amide bonds. The number of rotatable bonds is 10. The van der Waals surface area contributed by atoms with Crippen molar-refractivity contribution >= 4 is 17.9 Å². The van der Waals surface area contributed by atoms with E-state index in [-0.39, 0.29) is 13.2 Å². The molecule has 0 atom stereocenters. The minimum absolute atomic E-state index is 0.194. The zero-order chi connectivity index (χ0) is 15.8. The Bertz CT molecular complexity index is 278. The van der Waals surface area contributed by atoms with Crippen molar-refractivity contribution in [2.45, 2.75) is 12.8 Å². The number of aliphatic hydroxyl groups is 2. The number of quaternary nitrogens is 1. The molecule has 0 unspecified atom stereocenters. The maximum absolute atomic E-state index is 10.5. The van der Waals surface area contributed by atoms with Crippen LogP contribution < -0.4 is 10.4 Å². The second-order valence-electron chi connectivity index (χ2n) is 3.30. The first-order valence-corrected chi connectivity index (χ1v) is 5.71. The van der Waals surface area contributed by atoms with Crippen molar-refractivity contribution in [2.24, 2.45) is 0 Å². The van der Waals surface area contributed by atoms with Crippen LogP contribution in [-0.2, 0) is 24.2 Å². The van der Waals surface area contributed by atoms with Crippen LogP contribution >= 0.6 is 0 Å². The molecule has 0 saturated carbocycles. The topological polar surface area (TPSA) is 170 Å². The van der Waals surface area contributed by atoms with Gasteiger partial charge in [-0.3, -0.25) is 4.89 Å². The molecule has 0 aliphatic rings. The molecule has 20 heavy (non-hydrogen) atoms. The molecular weight excluding hydrogens is 278 g/mol. The van der Waals surface area contributed by atoms with E-state index in [9.17, 15) is 19.5 Å². The molecule has 10 nitrogen and oxygen atoms in total. The molecule has 0 rings (SSSR count). The molecule has 0 aromatic heterocycles. The van der Waals surface area contributed by atoms with Gasteiger partial charge in [-0.25, -0.2) is 9.59 Å². The summed E-state index contributed by atoms with van der Waals surface area (Å²) in [7, 11) is 0. The number of hydrogen-bond donors (Lipinski definition) is 4. The largest absolute Gasteiger partial charge is 0.550 e. The van der Waals surface area contributed by atoms with E-state index in [1.165, 1.54) is 0 Å². The second-order valence-corrected chi connectivity index (χ2v) is 3.30. The fraction of sp³-hybridized carbons (Fsp3) is 0.700. The lowest BCUT2D eigenvalue weighted by Gasteiger charge is -2.01. The van der Waals surface area contributed by atoms with Gasteiger partial charge >= 0.3 is 11.9 Å². The summed E-state index contributed by atoms with van der Waals surface area (Å²) in [5, 5.41) is 36.1. The summed E-state index contributed by atoms with van der Waals surface area (Å²) in [6, 6.07) is 0. The standard InChI is InChI=1S/C6H8O7.C4H11NO2/c7-4(8)1-2-6(11)13-12-3-5(9)10;6-3-1-5-2-4-7/h1-3H2,(H,7,8)(H,9,10);5-7H,1-4H2. The van der Waals surface area contributed by atoms with E-state index in [0.29, 0.717) is 13.1 Å². The van der Waals surface area contributed by atoms with E-state index in [1.807, 2.05) is 5.32 Å². The average Bonchev–Trinajstić information content (AvgIpc) is 2.37. The van der Waals surface area contributed by atoms with Crippen molar-refractivity contribution < 1.29 is 49.9 Å². The molecule has 5 N–H and O–H groups in total. The van der Waals surface area contributed by atoms with Gasteiger partial charge in [-0.05, 0) is 6.42 Å². The Morgan fingerprint density at radius 2 is 1.60 bits per heavy atom. The summed E-state index contributed by atoms with van der Waals surface area (Å²) in [4.78, 5) is 38.0. The summed E-state index contributed by atoms with van der Waals surface area (Å²) in [5.74, 6) is -3.65. The van der Waals surface area contributed by atoms with Crippen LogP contribution in [0.4, 0.5) is 0 Å². The van der Waals surface area contributed by atoms with E-state index in [4.69, 9.17) is 15.3 Å². The first kappa shape index (κ1) is 20.6. The SMILES string of the molecule is O=C([O-])CCC(=O)OOCC(=O)O.OCC[NH2+]CCO. The van der Waals surface area contributed by atoms with Crippen molar-refractivity contribution in [3.8, 4) is 0 Å². The predicted octanol–water partition coefficient (Wildman–Crippen LogP) is -4.39. The highest BCUT2D eigenvalue weighted by Gasteiger charge is 2.05. The van der Waals surface area contributed by atoms with Gasteiger partial charge in [0.25, 0.3) is 0 Å². The number of aliphatic hydroxyl groups excluding tert-OH is 2. The van der Waals surface area contributed by atoms with Gasteiger partial charge in [0, 0.05) is 5.97 Å². The summed E-state index contributed by atoms with van der Waals surface area (Å²) >= 11 is 0. The number of carbonyl (C=O) groups excluding carboxylic acids is 2. The first-order chi connectivity index (χ1) is 9.43. The van der Waals surface area contributed by atoms with Gasteiger partial charge in [-0.15, -0.1) is 0 Å². The fourth-order valence-corrected chi connectivity index (χ4v) is 0.718. The van der Waals surface area contributed by atoms with Crippen LogP contribution in [0.2, 0.25) is 0 Å². The predicted molar refractivity (Wildman–Crippen MR) is 59.8 cm³/mol. The molecule has 0 aromatic carbocycles. The van der Waals surface area contributed by atoms with Gasteiger partial charge in [0.1, 0.15) is 0 Å². The van der Waals surface area contributed by atoms with E-state index in [2.05, 4.69) is 9.78 Å². The van der Waals surface area contributed by atoms with E-state index in [1.54, 1.807) is 0 Å². The van der Waals surface area contributed by atoms with Crippen molar-refractivity contribution in [2.75, 3.05) is 32.9 Å². The molecular formula is C10H19NO9. The Kier molecular flexibility index (Phi) is 15.7. The van der Waals surface area contributed by atoms with Gasteiger partial charge in [0.2, 0.25) is 0 Å². The average molecular weight is 297 g/mol. The zero-order valence-electron chi connectivity index (χ0n) is 10.8. The van der Waals surface area contributed by atoms with Crippen LogP contribution in [0.3, 0.4) is 0 Å². The molecule has 0 aliphatic carbocycles. The lowest BCUT2D eigenvalue weighted by atomic mass is 10.3. The Labute approximate surface area is 114 Å². The summed E-state index contributed by atoms with van der Waals surface area (Å²) in [6.45, 7) is 0.998. The van der Waals surface area contributed by atoms with Crippen molar-refractivity contribution in [3.05, 3.63) is 0 Å². The minimum Gasteiger partial charge on any atom is -0.550 e. The molecule has 0 aliphatic heterocycles. The van der Waals surface area contributed by atoms with Crippen LogP contribution in [0, 0.1) is 0 Å². The molecule has 118 valence electrons. The minimum atomic E-state index is -1.39. The fourth-order valence-electron chi connectivity index (χ4n) is 0.718. The summed E-state index contributed by atoms with van der Waals surface area (Å²) in [5.41, 5.74) is 0. The van der Waals surface area contributed by atoms with Crippen molar-refractivity contribution in [1.29, 1.82) is 0 Å². The Hall–Kier alpha value is -1.75. The van der Waals surface area contributed by atoms with E-state index >= 15 is 0 Å². The Morgan fingerprint density at radius 3 is 2.00 bits per heavy atom. The van der Waals surface area contributed by atoms with Crippen LogP contribution in [0.5, 0.6) is 0 Å². The lowest BCUT2D eigenvalue weighted by Crippen LogP contribution is -2.85. The van der Waals surface area contributed by atoms with E-state index in [0.717, 1.165) is 0 Å². The summed E-state index contributed by atoms with van der Waals surface area (Å²) < 4.78 is 0. The molecule has 0 aromatic rings. The highest BCUT2D eigenvalue weighted by atomic mass is 17.2. The van der Waals surface area contributed by atoms with Gasteiger partial charge in [0.15, 0.2) is 6.61 Å². The first-order valence-electron chi connectivity index (χ1n) is 5.71. The number of carbonyl (C=O) groups is 3. The highest BCUT2D eigenvalue weighted by molar-refractivity contribution is 5.75. The molecule has 0 spiro atoms.